The van der Waals surface area contributed by atoms with Gasteiger partial charge in [0.25, 0.3) is 10.0 Å². The van der Waals surface area contributed by atoms with Crippen LogP contribution in [-0.2, 0) is 10.0 Å². The van der Waals surface area contributed by atoms with E-state index >= 15 is 0 Å². The second kappa shape index (κ2) is 4.73. The number of sulfonamides is 1. The van der Waals surface area contributed by atoms with Crippen LogP contribution in [0.1, 0.15) is 17.4 Å². The van der Waals surface area contributed by atoms with Crippen molar-refractivity contribution in [3.05, 3.63) is 23.4 Å². The highest BCUT2D eigenvalue weighted by Crippen LogP contribution is 2.19. The van der Waals surface area contributed by atoms with Gasteiger partial charge in [-0.05, 0) is 6.92 Å². The van der Waals surface area contributed by atoms with Gasteiger partial charge < -0.3 is 5.11 Å². The number of nitrogens with zero attached hydrogens (tertiary/aromatic N) is 1. The summed E-state index contributed by atoms with van der Waals surface area (Å²) in [5, 5.41) is 8.73. The molecule has 0 aromatic carbocycles. The molecule has 0 unspecified atom stereocenters. The number of nitrogens with one attached hydrogen (secondary N) is 1. The Morgan fingerprint density at radius 2 is 2.31 bits per heavy atom. The molecule has 0 saturated carbocycles. The maximum Gasteiger partial charge on any atom is 0.356 e. The molecular weight excluding hydrogens is 252 g/mol. The Labute approximate surface area is 96.7 Å². The molecule has 6 nitrogen and oxygen atoms in total. The van der Waals surface area contributed by atoms with Crippen molar-refractivity contribution < 1.29 is 18.3 Å². The highest BCUT2D eigenvalue weighted by molar-refractivity contribution is 7.91. The van der Waals surface area contributed by atoms with Crippen LogP contribution in [0.3, 0.4) is 0 Å². The summed E-state index contributed by atoms with van der Waals surface area (Å²) in [4.78, 5) is 14.2. The van der Waals surface area contributed by atoms with Gasteiger partial charge in [0, 0.05) is 6.54 Å². The Morgan fingerprint density at radius 3 is 2.81 bits per heavy atom. The second-order valence-electron chi connectivity index (χ2n) is 3.08. The van der Waals surface area contributed by atoms with Crippen LogP contribution in [0.25, 0.3) is 0 Å². The van der Waals surface area contributed by atoms with E-state index in [4.69, 9.17) is 5.11 Å². The van der Waals surface area contributed by atoms with Crippen LogP contribution in [-0.4, -0.2) is 31.0 Å². The van der Waals surface area contributed by atoms with Crippen molar-refractivity contribution in [1.29, 1.82) is 0 Å². The van der Waals surface area contributed by atoms with Crippen molar-refractivity contribution >= 4 is 27.3 Å². The molecule has 2 N–H and O–H groups in total. The lowest BCUT2D eigenvalue weighted by molar-refractivity contribution is 0.0687. The number of aromatic nitrogens is 1. The smallest absolute Gasteiger partial charge is 0.356 e. The first-order chi connectivity index (χ1) is 7.34. The molecule has 1 heterocycles. The first kappa shape index (κ1) is 12.8. The number of carboxylic acid groups (broad SMARTS) is 1. The van der Waals surface area contributed by atoms with Gasteiger partial charge in [-0.25, -0.2) is 22.9 Å². The van der Waals surface area contributed by atoms with Gasteiger partial charge in [-0.2, -0.15) is 0 Å². The fourth-order valence-electron chi connectivity index (χ4n) is 0.852. The largest absolute Gasteiger partial charge is 0.476 e. The van der Waals surface area contributed by atoms with Crippen LogP contribution in [0.5, 0.6) is 0 Å². The number of aromatic carboxylic acids is 1. The van der Waals surface area contributed by atoms with Crippen LogP contribution in [0.4, 0.5) is 0 Å². The summed E-state index contributed by atoms with van der Waals surface area (Å²) >= 11 is 0.764. The number of hydrogen-bond donors (Lipinski definition) is 2. The van der Waals surface area contributed by atoms with Gasteiger partial charge >= 0.3 is 5.97 Å². The van der Waals surface area contributed by atoms with Gasteiger partial charge in [-0.3, -0.25) is 0 Å². The second-order valence-corrected chi connectivity index (χ2v) is 5.89. The number of rotatable bonds is 5. The number of carbonyl (C=O) groups is 1. The van der Waals surface area contributed by atoms with Crippen LogP contribution in [0.15, 0.2) is 21.9 Å². The number of hydrogen-bond acceptors (Lipinski definition) is 5. The SMILES string of the molecule is C=C(C)CNS(=O)(=O)c1scnc1C(=O)O. The third-order valence-corrected chi connectivity index (χ3v) is 4.32. The lowest BCUT2D eigenvalue weighted by Crippen LogP contribution is -2.26. The van der Waals surface area contributed by atoms with Gasteiger partial charge in [0.2, 0.25) is 0 Å². The predicted octanol–water partition coefficient (Wildman–Crippen LogP) is 0.696. The third kappa shape index (κ3) is 2.87. The van der Waals surface area contributed by atoms with E-state index in [1.165, 1.54) is 5.51 Å². The molecule has 0 amide bonds. The van der Waals surface area contributed by atoms with Crippen molar-refractivity contribution in [2.24, 2.45) is 0 Å². The lowest BCUT2D eigenvalue weighted by atomic mass is 10.4. The van der Waals surface area contributed by atoms with E-state index in [9.17, 15) is 13.2 Å². The molecule has 0 atom stereocenters. The van der Waals surface area contributed by atoms with E-state index in [0.717, 1.165) is 11.3 Å². The Hall–Kier alpha value is -1.25. The topological polar surface area (TPSA) is 96.4 Å². The van der Waals surface area contributed by atoms with Gasteiger partial charge in [0.05, 0.1) is 5.51 Å². The maximum absolute atomic E-state index is 11.7. The molecule has 0 fully saturated rings. The standard InChI is InChI=1S/C8H10N2O4S2/c1-5(2)3-10-16(13,14)8-6(7(11)12)9-4-15-8/h4,10H,1,3H2,2H3,(H,11,12). The molecule has 0 radical (unpaired) electrons. The molecule has 16 heavy (non-hydrogen) atoms. The number of thiazole rings is 1. The third-order valence-electron chi connectivity index (χ3n) is 1.55. The average Bonchev–Trinajstić information content (AvgIpc) is 2.63. The minimum atomic E-state index is -3.82. The summed E-state index contributed by atoms with van der Waals surface area (Å²) in [6.07, 6.45) is 0. The number of carboxylic acids is 1. The molecule has 1 aromatic heterocycles. The molecule has 0 saturated heterocycles. The van der Waals surface area contributed by atoms with Crippen LogP contribution in [0, 0.1) is 0 Å². The zero-order valence-electron chi connectivity index (χ0n) is 8.43. The van der Waals surface area contributed by atoms with E-state index in [2.05, 4.69) is 16.3 Å². The molecular formula is C8H10N2O4S2. The predicted molar refractivity (Wildman–Crippen MR) is 59.1 cm³/mol. The van der Waals surface area contributed by atoms with Crippen molar-refractivity contribution in [3.8, 4) is 0 Å². The molecule has 1 aromatic rings. The molecule has 0 aliphatic rings. The van der Waals surface area contributed by atoms with E-state index in [0.29, 0.717) is 5.57 Å². The summed E-state index contributed by atoms with van der Waals surface area (Å²) in [5.41, 5.74) is 1.35. The van der Waals surface area contributed by atoms with Gasteiger partial charge in [-0.1, -0.05) is 12.2 Å². The average molecular weight is 262 g/mol. The Kier molecular flexibility index (Phi) is 3.79. The molecule has 0 bridgehead atoms. The van der Waals surface area contributed by atoms with Gasteiger partial charge in [0.15, 0.2) is 9.90 Å². The van der Waals surface area contributed by atoms with Crippen LogP contribution >= 0.6 is 11.3 Å². The Morgan fingerprint density at radius 1 is 1.69 bits per heavy atom. The summed E-state index contributed by atoms with van der Waals surface area (Å²) < 4.78 is 25.3. The highest BCUT2D eigenvalue weighted by Gasteiger charge is 2.25. The molecule has 1 rings (SSSR count). The molecule has 88 valence electrons. The van der Waals surface area contributed by atoms with Crippen molar-refractivity contribution in [1.82, 2.24) is 9.71 Å². The fourth-order valence-corrected chi connectivity index (χ4v) is 3.13. The highest BCUT2D eigenvalue weighted by atomic mass is 32.2. The zero-order valence-corrected chi connectivity index (χ0v) is 10.1. The van der Waals surface area contributed by atoms with E-state index in [1.807, 2.05) is 0 Å². The van der Waals surface area contributed by atoms with E-state index < -0.39 is 21.7 Å². The first-order valence-electron chi connectivity index (χ1n) is 4.15. The quantitative estimate of drug-likeness (QED) is 0.761. The Balaban J connectivity index is 3.03. The molecule has 0 spiro atoms. The summed E-state index contributed by atoms with van der Waals surface area (Å²) in [6.45, 7) is 5.27. The summed E-state index contributed by atoms with van der Waals surface area (Å²) in [6, 6.07) is 0. The van der Waals surface area contributed by atoms with Crippen molar-refractivity contribution in [3.63, 3.8) is 0 Å². The normalized spacial score (nSPS) is 11.3. The van der Waals surface area contributed by atoms with Crippen molar-refractivity contribution in [2.45, 2.75) is 11.1 Å². The van der Waals surface area contributed by atoms with Gasteiger partial charge in [-0.15, -0.1) is 11.3 Å². The summed E-state index contributed by atoms with van der Waals surface area (Å²) in [5.74, 6) is -1.36. The monoisotopic (exact) mass is 262 g/mol. The van der Waals surface area contributed by atoms with Crippen LogP contribution < -0.4 is 4.72 Å². The van der Waals surface area contributed by atoms with Crippen molar-refractivity contribution in [2.75, 3.05) is 6.54 Å². The molecule has 0 aliphatic heterocycles. The van der Waals surface area contributed by atoms with E-state index in [-0.39, 0.29) is 10.8 Å². The minimum Gasteiger partial charge on any atom is -0.476 e. The molecule has 0 aliphatic carbocycles. The summed E-state index contributed by atoms with van der Waals surface area (Å²) in [7, 11) is -3.82. The fraction of sp³-hybridized carbons (Fsp3) is 0.250. The zero-order chi connectivity index (χ0) is 12.3. The maximum atomic E-state index is 11.7. The van der Waals surface area contributed by atoms with Gasteiger partial charge in [0.1, 0.15) is 0 Å². The van der Waals surface area contributed by atoms with Crippen LogP contribution in [0.2, 0.25) is 0 Å². The molecule has 8 heteroatoms. The first-order valence-corrected chi connectivity index (χ1v) is 6.51. The lowest BCUT2D eigenvalue weighted by Gasteiger charge is -2.04. The Bertz CT molecular complexity index is 518. The van der Waals surface area contributed by atoms with E-state index in [1.54, 1.807) is 6.92 Å². The minimum absolute atomic E-state index is 0.0687.